The van der Waals surface area contributed by atoms with Gasteiger partial charge in [0.15, 0.2) is 0 Å². The minimum atomic E-state index is -0.426. The Balaban J connectivity index is 2.89. The molecule has 1 rings (SSSR count). The SMILES string of the molecule is C=CC(C)(CO)Cc1ccc(F)c(Cl)c1. The average Bonchev–Trinajstić information content (AvgIpc) is 2.23. The number of rotatable bonds is 4. The molecule has 0 aliphatic carbocycles. The molecule has 0 saturated carbocycles. The molecule has 1 aromatic rings. The van der Waals surface area contributed by atoms with Gasteiger partial charge in [-0.3, -0.25) is 0 Å². The molecule has 15 heavy (non-hydrogen) atoms. The molecular formula is C12H14ClFO. The highest BCUT2D eigenvalue weighted by atomic mass is 35.5. The molecule has 0 bridgehead atoms. The highest BCUT2D eigenvalue weighted by Gasteiger charge is 2.19. The minimum absolute atomic E-state index is 0.00545. The Morgan fingerprint density at radius 3 is 2.73 bits per heavy atom. The van der Waals surface area contributed by atoms with Crippen LogP contribution in [-0.4, -0.2) is 11.7 Å². The van der Waals surface area contributed by atoms with Crippen LogP contribution in [0.25, 0.3) is 0 Å². The van der Waals surface area contributed by atoms with Gasteiger partial charge in [0.05, 0.1) is 11.6 Å². The van der Waals surface area contributed by atoms with Gasteiger partial charge in [-0.15, -0.1) is 6.58 Å². The zero-order valence-corrected chi connectivity index (χ0v) is 9.39. The van der Waals surface area contributed by atoms with Crippen LogP contribution in [-0.2, 0) is 6.42 Å². The summed E-state index contributed by atoms with van der Waals surface area (Å²) >= 11 is 5.67. The molecule has 0 aliphatic heterocycles. The van der Waals surface area contributed by atoms with Crippen LogP contribution in [0.3, 0.4) is 0 Å². The summed E-state index contributed by atoms with van der Waals surface area (Å²) in [7, 11) is 0. The van der Waals surface area contributed by atoms with Crippen LogP contribution in [0.1, 0.15) is 12.5 Å². The van der Waals surface area contributed by atoms with Gasteiger partial charge >= 0.3 is 0 Å². The quantitative estimate of drug-likeness (QED) is 0.785. The summed E-state index contributed by atoms with van der Waals surface area (Å²) in [5, 5.41) is 9.30. The molecule has 1 nitrogen and oxygen atoms in total. The fourth-order valence-corrected chi connectivity index (χ4v) is 1.51. The molecule has 1 atom stereocenters. The van der Waals surface area contributed by atoms with E-state index >= 15 is 0 Å². The molecule has 0 aliphatic rings. The second-order valence-electron chi connectivity index (χ2n) is 3.94. The van der Waals surface area contributed by atoms with Crippen molar-refractivity contribution in [2.75, 3.05) is 6.61 Å². The molecule has 0 radical (unpaired) electrons. The summed E-state index contributed by atoms with van der Waals surface area (Å²) in [4.78, 5) is 0. The Labute approximate surface area is 94.2 Å². The van der Waals surface area contributed by atoms with E-state index in [1.807, 2.05) is 6.92 Å². The summed E-state index contributed by atoms with van der Waals surface area (Å²) in [6.45, 7) is 5.56. The van der Waals surface area contributed by atoms with Crippen molar-refractivity contribution in [3.63, 3.8) is 0 Å². The highest BCUT2D eigenvalue weighted by molar-refractivity contribution is 6.30. The maximum atomic E-state index is 12.9. The summed E-state index contributed by atoms with van der Waals surface area (Å²) < 4.78 is 12.9. The van der Waals surface area contributed by atoms with Gasteiger partial charge in [0.2, 0.25) is 0 Å². The van der Waals surface area contributed by atoms with Gasteiger partial charge in [-0.2, -0.15) is 0 Å². The zero-order valence-electron chi connectivity index (χ0n) is 8.63. The normalized spacial score (nSPS) is 14.7. The van der Waals surface area contributed by atoms with E-state index in [1.54, 1.807) is 18.2 Å². The van der Waals surface area contributed by atoms with Crippen molar-refractivity contribution in [1.82, 2.24) is 0 Å². The van der Waals surface area contributed by atoms with Crippen LogP contribution in [0.2, 0.25) is 5.02 Å². The van der Waals surface area contributed by atoms with E-state index in [1.165, 1.54) is 6.07 Å². The Morgan fingerprint density at radius 2 is 2.27 bits per heavy atom. The van der Waals surface area contributed by atoms with Gasteiger partial charge < -0.3 is 5.11 Å². The van der Waals surface area contributed by atoms with Crippen LogP contribution in [0.15, 0.2) is 30.9 Å². The molecule has 0 saturated heterocycles. The Bertz CT molecular complexity index is 365. The predicted molar refractivity (Wildman–Crippen MR) is 60.5 cm³/mol. The maximum Gasteiger partial charge on any atom is 0.141 e. The molecule has 0 amide bonds. The van der Waals surface area contributed by atoms with E-state index in [0.717, 1.165) is 5.56 Å². The highest BCUT2D eigenvalue weighted by Crippen LogP contribution is 2.25. The number of hydrogen-bond acceptors (Lipinski definition) is 1. The van der Waals surface area contributed by atoms with Crippen LogP contribution >= 0.6 is 11.6 Å². The predicted octanol–water partition coefficient (Wildman–Crippen LogP) is 3.21. The van der Waals surface area contributed by atoms with Crippen LogP contribution in [0.5, 0.6) is 0 Å². The molecule has 0 aromatic heterocycles. The lowest BCUT2D eigenvalue weighted by atomic mass is 9.85. The van der Waals surface area contributed by atoms with Gasteiger partial charge in [-0.25, -0.2) is 4.39 Å². The lowest BCUT2D eigenvalue weighted by Gasteiger charge is -2.22. The van der Waals surface area contributed by atoms with Crippen molar-refractivity contribution >= 4 is 11.6 Å². The van der Waals surface area contributed by atoms with E-state index in [9.17, 15) is 9.50 Å². The summed E-state index contributed by atoms with van der Waals surface area (Å²) in [5.41, 5.74) is 0.499. The Morgan fingerprint density at radius 1 is 1.60 bits per heavy atom. The molecule has 0 spiro atoms. The largest absolute Gasteiger partial charge is 0.395 e. The van der Waals surface area contributed by atoms with E-state index in [-0.39, 0.29) is 17.0 Å². The molecule has 0 fully saturated rings. The molecule has 1 N–H and O–H groups in total. The lowest BCUT2D eigenvalue weighted by Crippen LogP contribution is -2.21. The van der Waals surface area contributed by atoms with E-state index in [4.69, 9.17) is 11.6 Å². The molecule has 3 heteroatoms. The van der Waals surface area contributed by atoms with Crippen LogP contribution in [0.4, 0.5) is 4.39 Å². The number of halogens is 2. The van der Waals surface area contributed by atoms with E-state index < -0.39 is 5.82 Å². The third-order valence-electron chi connectivity index (χ3n) is 2.45. The van der Waals surface area contributed by atoms with Gasteiger partial charge in [0.1, 0.15) is 5.82 Å². The average molecular weight is 229 g/mol. The summed E-state index contributed by atoms with van der Waals surface area (Å²) in [6.07, 6.45) is 2.29. The monoisotopic (exact) mass is 228 g/mol. The van der Waals surface area contributed by atoms with Gasteiger partial charge in [-0.05, 0) is 24.1 Å². The zero-order chi connectivity index (χ0) is 11.5. The van der Waals surface area contributed by atoms with Crippen molar-refractivity contribution < 1.29 is 9.50 Å². The first-order chi connectivity index (χ1) is 7.00. The number of aliphatic hydroxyl groups excluding tert-OH is 1. The minimum Gasteiger partial charge on any atom is -0.395 e. The lowest BCUT2D eigenvalue weighted by molar-refractivity contribution is 0.184. The molecule has 1 aromatic carbocycles. The van der Waals surface area contributed by atoms with Crippen molar-refractivity contribution in [3.05, 3.63) is 47.3 Å². The van der Waals surface area contributed by atoms with Crippen molar-refractivity contribution in [3.8, 4) is 0 Å². The van der Waals surface area contributed by atoms with Gasteiger partial charge in [0, 0.05) is 5.41 Å². The van der Waals surface area contributed by atoms with E-state index in [0.29, 0.717) is 6.42 Å². The first-order valence-electron chi connectivity index (χ1n) is 4.69. The second kappa shape index (κ2) is 4.77. The summed E-state index contributed by atoms with van der Waals surface area (Å²) in [5.74, 6) is -0.426. The Hall–Kier alpha value is -0.860. The number of aliphatic hydroxyl groups is 1. The fraction of sp³-hybridized carbons (Fsp3) is 0.333. The van der Waals surface area contributed by atoms with Crippen LogP contribution < -0.4 is 0 Å². The van der Waals surface area contributed by atoms with Crippen molar-refractivity contribution in [1.29, 1.82) is 0 Å². The standard InChI is InChI=1S/C12H14ClFO/c1-3-12(2,8-15)7-9-4-5-11(14)10(13)6-9/h3-6,15H,1,7-8H2,2H3. The third kappa shape index (κ3) is 3.05. The molecule has 0 heterocycles. The molecular weight excluding hydrogens is 215 g/mol. The maximum absolute atomic E-state index is 12.9. The van der Waals surface area contributed by atoms with E-state index in [2.05, 4.69) is 6.58 Å². The Kier molecular flexibility index (Phi) is 3.89. The van der Waals surface area contributed by atoms with Crippen molar-refractivity contribution in [2.24, 2.45) is 5.41 Å². The second-order valence-corrected chi connectivity index (χ2v) is 4.35. The first-order valence-corrected chi connectivity index (χ1v) is 5.07. The number of benzene rings is 1. The fourth-order valence-electron chi connectivity index (χ4n) is 1.31. The molecule has 82 valence electrons. The number of hydrogen-bond donors (Lipinski definition) is 1. The summed E-state index contributed by atoms with van der Waals surface area (Å²) in [6, 6.07) is 4.57. The topological polar surface area (TPSA) is 20.2 Å². The molecule has 1 unspecified atom stereocenters. The van der Waals surface area contributed by atoms with Crippen molar-refractivity contribution in [2.45, 2.75) is 13.3 Å². The van der Waals surface area contributed by atoms with Crippen LogP contribution in [0, 0.1) is 11.2 Å². The van der Waals surface area contributed by atoms with Gasteiger partial charge in [0.25, 0.3) is 0 Å². The third-order valence-corrected chi connectivity index (χ3v) is 2.74. The van der Waals surface area contributed by atoms with Gasteiger partial charge in [-0.1, -0.05) is 30.7 Å². The smallest absolute Gasteiger partial charge is 0.141 e. The first kappa shape index (κ1) is 12.2.